The standard InChI is InChI=1S/C26H20BrF3N2O3/c1-2-34-24-14-18(9-12-23(24)35-16-17-7-10-20(27)11-8-17)13-19(15-31)25(33)32-22-6-4-3-5-21(22)26(28,29)30/h3-14H,2,16H2,1H3,(H,32,33)/b19-13+. The smallest absolute Gasteiger partial charge is 0.418 e. The van der Waals surface area contributed by atoms with Crippen molar-refractivity contribution >= 4 is 33.6 Å². The van der Waals surface area contributed by atoms with E-state index in [-0.39, 0.29) is 5.57 Å². The Labute approximate surface area is 208 Å². The Hall–Kier alpha value is -3.77. The summed E-state index contributed by atoms with van der Waals surface area (Å²) >= 11 is 3.38. The first-order chi connectivity index (χ1) is 16.7. The molecule has 0 bridgehead atoms. The van der Waals surface area contributed by atoms with Crippen LogP contribution in [0.4, 0.5) is 18.9 Å². The number of benzene rings is 3. The number of hydrogen-bond acceptors (Lipinski definition) is 4. The van der Waals surface area contributed by atoms with Crippen molar-refractivity contribution < 1.29 is 27.4 Å². The lowest BCUT2D eigenvalue weighted by atomic mass is 10.1. The van der Waals surface area contributed by atoms with Gasteiger partial charge in [-0.25, -0.2) is 0 Å². The lowest BCUT2D eigenvalue weighted by molar-refractivity contribution is -0.137. The van der Waals surface area contributed by atoms with Crippen molar-refractivity contribution in [3.05, 3.63) is 93.5 Å². The Morgan fingerprint density at radius 3 is 2.43 bits per heavy atom. The lowest BCUT2D eigenvalue weighted by Crippen LogP contribution is -2.17. The number of nitrogens with zero attached hydrogens (tertiary/aromatic N) is 1. The summed E-state index contributed by atoms with van der Waals surface area (Å²) in [5, 5.41) is 11.6. The number of alkyl halides is 3. The minimum atomic E-state index is -4.65. The van der Waals surface area contributed by atoms with Crippen LogP contribution in [0.2, 0.25) is 0 Å². The molecule has 0 aromatic heterocycles. The SMILES string of the molecule is CCOc1cc(/C=C(\C#N)C(=O)Nc2ccccc2C(F)(F)F)ccc1OCc1ccc(Br)cc1. The van der Waals surface area contributed by atoms with Crippen molar-refractivity contribution in [3.63, 3.8) is 0 Å². The van der Waals surface area contributed by atoms with Gasteiger partial charge in [0, 0.05) is 4.47 Å². The van der Waals surface area contributed by atoms with Gasteiger partial charge in [0.25, 0.3) is 5.91 Å². The highest BCUT2D eigenvalue weighted by Gasteiger charge is 2.33. The number of amides is 1. The van der Waals surface area contributed by atoms with Crippen molar-refractivity contribution in [2.45, 2.75) is 19.7 Å². The molecule has 0 unspecified atom stereocenters. The van der Waals surface area contributed by atoms with E-state index in [1.54, 1.807) is 31.2 Å². The zero-order chi connectivity index (χ0) is 25.4. The lowest BCUT2D eigenvalue weighted by Gasteiger charge is -2.14. The minimum absolute atomic E-state index is 0.299. The fraction of sp³-hybridized carbons (Fsp3) is 0.154. The summed E-state index contributed by atoms with van der Waals surface area (Å²) in [5.41, 5.74) is -0.412. The third-order valence-corrected chi connectivity index (χ3v) is 5.26. The molecule has 1 amide bonds. The van der Waals surface area contributed by atoms with Gasteiger partial charge in [-0.2, -0.15) is 18.4 Å². The van der Waals surface area contributed by atoms with Crippen molar-refractivity contribution in [2.75, 3.05) is 11.9 Å². The van der Waals surface area contributed by atoms with E-state index in [4.69, 9.17) is 9.47 Å². The summed E-state index contributed by atoms with van der Waals surface area (Å²) in [7, 11) is 0. The van der Waals surface area contributed by atoms with E-state index in [2.05, 4.69) is 21.2 Å². The summed E-state index contributed by atoms with van der Waals surface area (Å²) < 4.78 is 52.1. The van der Waals surface area contributed by atoms with Crippen molar-refractivity contribution in [1.29, 1.82) is 5.26 Å². The van der Waals surface area contributed by atoms with Gasteiger partial charge in [-0.1, -0.05) is 46.3 Å². The Kier molecular flexibility index (Phi) is 8.55. The van der Waals surface area contributed by atoms with Gasteiger partial charge >= 0.3 is 6.18 Å². The molecule has 0 spiro atoms. The number of nitriles is 1. The second-order valence-electron chi connectivity index (χ2n) is 7.22. The normalized spacial score (nSPS) is 11.5. The van der Waals surface area contributed by atoms with Gasteiger partial charge in [0.15, 0.2) is 11.5 Å². The molecule has 5 nitrogen and oxygen atoms in total. The van der Waals surface area contributed by atoms with Gasteiger partial charge in [0.2, 0.25) is 0 Å². The molecule has 35 heavy (non-hydrogen) atoms. The first-order valence-corrected chi connectivity index (χ1v) is 11.2. The van der Waals surface area contributed by atoms with Gasteiger partial charge in [0.1, 0.15) is 18.2 Å². The summed E-state index contributed by atoms with van der Waals surface area (Å²) in [6, 6.07) is 18.8. The maximum Gasteiger partial charge on any atom is 0.418 e. The molecular weight excluding hydrogens is 525 g/mol. The summed E-state index contributed by atoms with van der Waals surface area (Å²) in [6.45, 7) is 2.45. The minimum Gasteiger partial charge on any atom is -0.490 e. The quantitative estimate of drug-likeness (QED) is 0.245. The molecule has 9 heteroatoms. The average Bonchev–Trinajstić information content (AvgIpc) is 2.83. The Bertz CT molecular complexity index is 1270. The monoisotopic (exact) mass is 544 g/mol. The molecule has 0 fully saturated rings. The van der Waals surface area contributed by atoms with Crippen LogP contribution in [-0.4, -0.2) is 12.5 Å². The highest BCUT2D eigenvalue weighted by atomic mass is 79.9. The molecule has 180 valence electrons. The molecule has 3 aromatic carbocycles. The van der Waals surface area contributed by atoms with Gasteiger partial charge in [0.05, 0.1) is 17.9 Å². The number of carbonyl (C=O) groups is 1. The summed E-state index contributed by atoms with van der Waals surface area (Å²) in [4.78, 5) is 12.6. The summed E-state index contributed by atoms with van der Waals surface area (Å²) in [6.07, 6.45) is -3.38. The van der Waals surface area contributed by atoms with E-state index in [1.165, 1.54) is 18.2 Å². The summed E-state index contributed by atoms with van der Waals surface area (Å²) in [5.74, 6) is -0.0924. The number of halogens is 4. The second kappa shape index (κ2) is 11.6. The van der Waals surface area contributed by atoms with Crippen LogP contribution in [0.5, 0.6) is 11.5 Å². The predicted octanol–water partition coefficient (Wildman–Crippen LogP) is 6.99. The Balaban J connectivity index is 1.81. The molecule has 0 aliphatic carbocycles. The van der Waals surface area contributed by atoms with Crippen LogP contribution < -0.4 is 14.8 Å². The highest BCUT2D eigenvalue weighted by Crippen LogP contribution is 2.35. The molecule has 0 heterocycles. The Morgan fingerprint density at radius 2 is 1.77 bits per heavy atom. The van der Waals surface area contributed by atoms with Crippen LogP contribution in [0.15, 0.2) is 76.8 Å². The molecular formula is C26H20BrF3N2O3. The van der Waals surface area contributed by atoms with Gasteiger partial charge in [-0.15, -0.1) is 0 Å². The van der Waals surface area contributed by atoms with E-state index >= 15 is 0 Å². The number of carbonyl (C=O) groups excluding carboxylic acids is 1. The molecule has 0 aliphatic heterocycles. The van der Waals surface area contributed by atoms with E-state index in [0.717, 1.165) is 22.2 Å². The molecule has 1 N–H and O–H groups in total. The molecule has 0 radical (unpaired) electrons. The first kappa shape index (κ1) is 25.8. The third-order valence-electron chi connectivity index (χ3n) is 4.73. The maximum atomic E-state index is 13.2. The topological polar surface area (TPSA) is 71.3 Å². The fourth-order valence-electron chi connectivity index (χ4n) is 3.09. The number of nitrogens with one attached hydrogen (secondary N) is 1. The number of anilines is 1. The largest absolute Gasteiger partial charge is 0.490 e. The van der Waals surface area contributed by atoms with Crippen LogP contribution in [0, 0.1) is 11.3 Å². The van der Waals surface area contributed by atoms with Crippen LogP contribution in [-0.2, 0) is 17.6 Å². The van der Waals surface area contributed by atoms with Crippen molar-refractivity contribution in [3.8, 4) is 17.6 Å². The molecule has 0 atom stereocenters. The van der Waals surface area contributed by atoms with Crippen LogP contribution in [0.1, 0.15) is 23.6 Å². The molecule has 0 saturated carbocycles. The molecule has 0 saturated heterocycles. The van der Waals surface area contributed by atoms with Gasteiger partial charge in [-0.05, 0) is 60.5 Å². The van der Waals surface area contributed by atoms with E-state index < -0.39 is 23.3 Å². The first-order valence-electron chi connectivity index (χ1n) is 10.4. The number of ether oxygens (including phenoxy) is 2. The van der Waals surface area contributed by atoms with E-state index in [1.807, 2.05) is 24.3 Å². The second-order valence-corrected chi connectivity index (χ2v) is 8.14. The van der Waals surface area contributed by atoms with Gasteiger partial charge in [-0.3, -0.25) is 4.79 Å². The fourth-order valence-corrected chi connectivity index (χ4v) is 3.35. The average molecular weight is 545 g/mol. The molecule has 0 aliphatic rings. The van der Waals surface area contributed by atoms with E-state index in [0.29, 0.717) is 30.3 Å². The maximum absolute atomic E-state index is 13.2. The van der Waals surface area contributed by atoms with Crippen LogP contribution in [0.25, 0.3) is 6.08 Å². The number of para-hydroxylation sites is 1. The Morgan fingerprint density at radius 1 is 1.06 bits per heavy atom. The third kappa shape index (κ3) is 7.11. The number of hydrogen-bond donors (Lipinski definition) is 1. The zero-order valence-corrected chi connectivity index (χ0v) is 20.1. The predicted molar refractivity (Wildman–Crippen MR) is 130 cm³/mol. The zero-order valence-electron chi connectivity index (χ0n) is 18.5. The van der Waals surface area contributed by atoms with E-state index in [9.17, 15) is 23.2 Å². The molecule has 3 aromatic rings. The number of rotatable bonds is 8. The van der Waals surface area contributed by atoms with Crippen molar-refractivity contribution in [2.24, 2.45) is 0 Å². The molecule has 3 rings (SSSR count). The van der Waals surface area contributed by atoms with Gasteiger partial charge < -0.3 is 14.8 Å². The van der Waals surface area contributed by atoms with Crippen molar-refractivity contribution in [1.82, 2.24) is 0 Å². The highest BCUT2D eigenvalue weighted by molar-refractivity contribution is 9.10. The van der Waals surface area contributed by atoms with Crippen LogP contribution in [0.3, 0.4) is 0 Å². The van der Waals surface area contributed by atoms with Crippen LogP contribution >= 0.6 is 15.9 Å².